The van der Waals surface area contributed by atoms with E-state index in [0.717, 1.165) is 51.1 Å². The summed E-state index contributed by atoms with van der Waals surface area (Å²) in [5.74, 6) is 0.289. The van der Waals surface area contributed by atoms with Crippen LogP contribution in [-0.2, 0) is 9.53 Å². The molecule has 4 heterocycles. The molecule has 122 valence electrons. The number of thiophene rings is 1. The van der Waals surface area contributed by atoms with Gasteiger partial charge in [0.05, 0.1) is 21.8 Å². The maximum absolute atomic E-state index is 12.5. The number of nitrogens with zero attached hydrogens (tertiary/aromatic N) is 2. The molecule has 23 heavy (non-hydrogen) atoms. The molecule has 0 aromatic carbocycles. The summed E-state index contributed by atoms with van der Waals surface area (Å²) in [6.45, 7) is 3.25. The maximum Gasteiger partial charge on any atom is 0.225 e. The molecule has 2 aromatic rings. The lowest BCUT2D eigenvalue weighted by atomic mass is 10.1. The molecule has 4 rings (SSSR count). The number of carbonyl (C=O) groups excluding carboxylic acids is 1. The summed E-state index contributed by atoms with van der Waals surface area (Å²) < 4.78 is 6.57. The third-order valence-electron chi connectivity index (χ3n) is 4.79. The van der Waals surface area contributed by atoms with Gasteiger partial charge in [-0.3, -0.25) is 9.78 Å². The summed E-state index contributed by atoms with van der Waals surface area (Å²) in [6, 6.07) is 4.40. The molecule has 0 bridgehead atoms. The van der Waals surface area contributed by atoms with E-state index < -0.39 is 0 Å². The molecule has 0 radical (unpaired) electrons. The highest BCUT2D eigenvalue weighted by Gasteiger charge is 2.30. The first-order valence-electron chi connectivity index (χ1n) is 8.26. The van der Waals surface area contributed by atoms with Gasteiger partial charge in [0.15, 0.2) is 0 Å². The Morgan fingerprint density at radius 1 is 1.30 bits per heavy atom. The van der Waals surface area contributed by atoms with E-state index in [4.69, 9.17) is 4.74 Å². The van der Waals surface area contributed by atoms with Crippen molar-refractivity contribution >= 4 is 33.1 Å². The highest BCUT2D eigenvalue weighted by Crippen LogP contribution is 2.33. The molecule has 2 saturated heterocycles. The highest BCUT2D eigenvalue weighted by atomic mass is 32.1. The fourth-order valence-corrected chi connectivity index (χ4v) is 4.36. The van der Waals surface area contributed by atoms with Gasteiger partial charge in [-0.1, -0.05) is 0 Å². The molecule has 1 amide bonds. The number of pyridine rings is 1. The lowest BCUT2D eigenvalue weighted by molar-refractivity contribution is -0.125. The van der Waals surface area contributed by atoms with E-state index >= 15 is 0 Å². The van der Waals surface area contributed by atoms with E-state index in [1.807, 2.05) is 6.20 Å². The molecular formula is C17H21N3O2S. The topological polar surface area (TPSA) is 54.5 Å². The third kappa shape index (κ3) is 3.05. The minimum absolute atomic E-state index is 0.0843. The van der Waals surface area contributed by atoms with Gasteiger partial charge in [0.1, 0.15) is 0 Å². The minimum Gasteiger partial charge on any atom is -0.381 e. The Kier molecular flexibility index (Phi) is 4.18. The Balaban J connectivity index is 1.42. The van der Waals surface area contributed by atoms with Crippen molar-refractivity contribution in [2.45, 2.75) is 25.3 Å². The first kappa shape index (κ1) is 14.9. The van der Waals surface area contributed by atoms with Gasteiger partial charge in [-0.15, -0.1) is 11.3 Å². The Labute approximate surface area is 139 Å². The fraction of sp³-hybridized carbons (Fsp3) is 0.529. The number of aromatic nitrogens is 1. The van der Waals surface area contributed by atoms with Crippen molar-refractivity contribution < 1.29 is 9.53 Å². The Bertz CT molecular complexity index is 696. The van der Waals surface area contributed by atoms with Crippen molar-refractivity contribution in [3.63, 3.8) is 0 Å². The van der Waals surface area contributed by atoms with E-state index in [-0.39, 0.29) is 17.9 Å². The van der Waals surface area contributed by atoms with Crippen LogP contribution >= 0.6 is 11.3 Å². The Morgan fingerprint density at radius 3 is 3.04 bits per heavy atom. The summed E-state index contributed by atoms with van der Waals surface area (Å²) in [5, 5.41) is 5.29. The van der Waals surface area contributed by atoms with Crippen LogP contribution < -0.4 is 10.2 Å². The van der Waals surface area contributed by atoms with Crippen molar-refractivity contribution in [3.8, 4) is 0 Å². The largest absolute Gasteiger partial charge is 0.381 e. The third-order valence-corrected chi connectivity index (χ3v) is 5.72. The highest BCUT2D eigenvalue weighted by molar-refractivity contribution is 7.17. The summed E-state index contributed by atoms with van der Waals surface area (Å²) >= 11 is 1.72. The van der Waals surface area contributed by atoms with Gasteiger partial charge in [-0.2, -0.15) is 0 Å². The van der Waals surface area contributed by atoms with Gasteiger partial charge in [0.2, 0.25) is 5.91 Å². The number of carbonyl (C=O) groups is 1. The second kappa shape index (κ2) is 6.45. The van der Waals surface area contributed by atoms with Gasteiger partial charge < -0.3 is 15.0 Å². The average molecular weight is 331 g/mol. The van der Waals surface area contributed by atoms with Gasteiger partial charge in [0.25, 0.3) is 0 Å². The van der Waals surface area contributed by atoms with Gasteiger partial charge >= 0.3 is 0 Å². The average Bonchev–Trinajstić information content (AvgIpc) is 3.25. The smallest absolute Gasteiger partial charge is 0.225 e. The van der Waals surface area contributed by atoms with Gasteiger partial charge in [-0.05, 0) is 36.8 Å². The molecule has 1 unspecified atom stereocenters. The number of rotatable bonds is 3. The number of anilines is 1. The summed E-state index contributed by atoms with van der Waals surface area (Å²) in [7, 11) is 0. The van der Waals surface area contributed by atoms with Crippen molar-refractivity contribution in [1.82, 2.24) is 10.3 Å². The fourth-order valence-electron chi connectivity index (χ4n) is 3.46. The molecule has 1 atom stereocenters. The molecular weight excluding hydrogens is 310 g/mol. The van der Waals surface area contributed by atoms with Crippen LogP contribution in [0, 0.1) is 5.92 Å². The lowest BCUT2D eigenvalue weighted by Crippen LogP contribution is -2.42. The summed E-state index contributed by atoms with van der Waals surface area (Å²) in [4.78, 5) is 19.2. The molecule has 5 nitrogen and oxygen atoms in total. The predicted octanol–water partition coefficient (Wildman–Crippen LogP) is 2.42. The van der Waals surface area contributed by atoms with E-state index in [9.17, 15) is 4.79 Å². The zero-order valence-electron chi connectivity index (χ0n) is 13.0. The Morgan fingerprint density at radius 2 is 2.17 bits per heavy atom. The SMILES string of the molecule is O=C(NC1CCOCC1)C1CCN(c2ccnc3ccsc23)C1. The number of ether oxygens (including phenoxy) is 1. The number of hydrogen-bond acceptors (Lipinski definition) is 5. The first-order valence-corrected chi connectivity index (χ1v) is 9.14. The minimum atomic E-state index is 0.0843. The number of hydrogen-bond donors (Lipinski definition) is 1. The molecule has 6 heteroatoms. The van der Waals surface area contributed by atoms with E-state index in [2.05, 4.69) is 32.7 Å². The van der Waals surface area contributed by atoms with E-state index in [1.165, 1.54) is 10.4 Å². The van der Waals surface area contributed by atoms with Crippen molar-refractivity contribution in [2.24, 2.45) is 5.92 Å². The van der Waals surface area contributed by atoms with Crippen LogP contribution in [0.5, 0.6) is 0 Å². The van der Waals surface area contributed by atoms with Crippen LogP contribution in [0.25, 0.3) is 10.2 Å². The molecule has 2 aliphatic rings. The lowest BCUT2D eigenvalue weighted by Gasteiger charge is -2.25. The van der Waals surface area contributed by atoms with Crippen LogP contribution in [0.3, 0.4) is 0 Å². The van der Waals surface area contributed by atoms with Gasteiger partial charge in [0, 0.05) is 38.5 Å². The standard InChI is InChI=1S/C17H21N3O2S/c21-17(19-13-3-8-22-9-4-13)12-2-7-20(11-12)15-1-6-18-14-5-10-23-16(14)15/h1,5-6,10,12-13H,2-4,7-9,11H2,(H,19,21). The van der Waals surface area contributed by atoms with Crippen LogP contribution in [0.2, 0.25) is 0 Å². The number of fused-ring (bicyclic) bond motifs is 1. The van der Waals surface area contributed by atoms with Gasteiger partial charge in [-0.25, -0.2) is 0 Å². The number of nitrogens with one attached hydrogen (secondary N) is 1. The zero-order chi connectivity index (χ0) is 15.6. The molecule has 2 aliphatic heterocycles. The van der Waals surface area contributed by atoms with E-state index in [1.54, 1.807) is 11.3 Å². The second-order valence-electron chi connectivity index (χ2n) is 6.29. The van der Waals surface area contributed by atoms with E-state index in [0.29, 0.717) is 0 Å². The normalized spacial score (nSPS) is 22.6. The Hall–Kier alpha value is -1.66. The second-order valence-corrected chi connectivity index (χ2v) is 7.21. The van der Waals surface area contributed by atoms with Crippen molar-refractivity contribution in [2.75, 3.05) is 31.2 Å². The molecule has 0 saturated carbocycles. The summed E-state index contributed by atoms with van der Waals surface area (Å²) in [6.07, 6.45) is 4.65. The van der Waals surface area contributed by atoms with Crippen LogP contribution in [0.15, 0.2) is 23.7 Å². The molecule has 2 fully saturated rings. The van der Waals surface area contributed by atoms with Crippen LogP contribution in [0.4, 0.5) is 5.69 Å². The molecule has 0 spiro atoms. The zero-order valence-corrected chi connectivity index (χ0v) is 13.8. The predicted molar refractivity (Wildman–Crippen MR) is 91.9 cm³/mol. The molecule has 0 aliphatic carbocycles. The number of amides is 1. The van der Waals surface area contributed by atoms with Crippen molar-refractivity contribution in [1.29, 1.82) is 0 Å². The first-order chi connectivity index (χ1) is 11.3. The van der Waals surface area contributed by atoms with Crippen molar-refractivity contribution in [3.05, 3.63) is 23.7 Å². The quantitative estimate of drug-likeness (QED) is 0.938. The van der Waals surface area contributed by atoms with Crippen LogP contribution in [0.1, 0.15) is 19.3 Å². The molecule has 1 N–H and O–H groups in total. The maximum atomic E-state index is 12.5. The molecule has 2 aromatic heterocycles. The van der Waals surface area contributed by atoms with Crippen LogP contribution in [-0.4, -0.2) is 43.2 Å². The summed E-state index contributed by atoms with van der Waals surface area (Å²) in [5.41, 5.74) is 2.26. The monoisotopic (exact) mass is 331 g/mol.